The lowest BCUT2D eigenvalue weighted by Crippen LogP contribution is -2.14. The number of aliphatic hydroxyl groups excluding tert-OH is 1. The maximum Gasteiger partial charge on any atom is 0.224 e. The number of ketones is 1. The Morgan fingerprint density at radius 1 is 1.33 bits per heavy atom. The number of Topliss-reactive ketones (excluding diaryl/α,β-unsaturated/α-hetero) is 1. The lowest BCUT2D eigenvalue weighted by Gasteiger charge is -2.14. The van der Waals surface area contributed by atoms with Gasteiger partial charge in [-0.2, -0.15) is 0 Å². The molecule has 1 aliphatic rings. The molecule has 6 nitrogen and oxygen atoms in total. The minimum Gasteiger partial charge on any atom is -0.393 e. The van der Waals surface area contributed by atoms with Crippen molar-refractivity contribution in [2.75, 3.05) is 5.32 Å². The van der Waals surface area contributed by atoms with E-state index in [9.17, 15) is 9.90 Å². The number of fused-ring (bicyclic) bond motifs is 1. The largest absolute Gasteiger partial charge is 0.393 e. The first-order valence-electron chi connectivity index (χ1n) is 9.24. The second-order valence-corrected chi connectivity index (χ2v) is 8.03. The lowest BCUT2D eigenvalue weighted by atomic mass is 9.99. The summed E-state index contributed by atoms with van der Waals surface area (Å²) in [5, 5.41) is 14.9. The normalized spacial score (nSPS) is 20.7. The number of pyridine rings is 1. The minimum atomic E-state index is -0.272. The fraction of sp³-hybridized carbons (Fsp3) is 0.400. The average molecular weight is 382 g/mol. The van der Waals surface area contributed by atoms with Gasteiger partial charge in [0.1, 0.15) is 5.69 Å². The van der Waals surface area contributed by atoms with E-state index in [-0.39, 0.29) is 23.8 Å². The van der Waals surface area contributed by atoms with Crippen LogP contribution in [0.3, 0.4) is 0 Å². The maximum absolute atomic E-state index is 12.9. The van der Waals surface area contributed by atoms with Crippen molar-refractivity contribution >= 4 is 33.3 Å². The Morgan fingerprint density at radius 3 is 2.96 bits per heavy atom. The molecule has 3 aromatic rings. The van der Waals surface area contributed by atoms with Gasteiger partial charge in [-0.25, -0.2) is 9.97 Å². The van der Waals surface area contributed by atoms with Crippen molar-refractivity contribution in [1.82, 2.24) is 15.0 Å². The van der Waals surface area contributed by atoms with E-state index in [1.54, 1.807) is 6.20 Å². The van der Waals surface area contributed by atoms with Crippen LogP contribution in [0.1, 0.15) is 54.8 Å². The highest BCUT2D eigenvalue weighted by molar-refractivity contribution is 7.17. The molecule has 3 heterocycles. The molecule has 3 aromatic heterocycles. The van der Waals surface area contributed by atoms with Crippen LogP contribution in [0, 0.1) is 5.92 Å². The number of aromatic nitrogens is 3. The summed E-state index contributed by atoms with van der Waals surface area (Å²) in [6, 6.07) is 7.59. The van der Waals surface area contributed by atoms with Gasteiger partial charge in [-0.05, 0) is 55.7 Å². The van der Waals surface area contributed by atoms with Crippen LogP contribution in [0.4, 0.5) is 5.95 Å². The molecule has 0 aromatic carbocycles. The summed E-state index contributed by atoms with van der Waals surface area (Å²) >= 11 is 1.49. The van der Waals surface area contributed by atoms with Gasteiger partial charge in [0.25, 0.3) is 0 Å². The van der Waals surface area contributed by atoms with Crippen molar-refractivity contribution in [2.45, 2.75) is 44.8 Å². The smallest absolute Gasteiger partial charge is 0.224 e. The number of aliphatic hydroxyl groups is 1. The van der Waals surface area contributed by atoms with Crippen LogP contribution in [-0.4, -0.2) is 31.9 Å². The maximum atomic E-state index is 12.9. The van der Waals surface area contributed by atoms with E-state index in [0.717, 1.165) is 28.8 Å². The predicted octanol–water partition coefficient (Wildman–Crippen LogP) is 3.99. The highest BCUT2D eigenvalue weighted by atomic mass is 32.1. The quantitative estimate of drug-likeness (QED) is 0.627. The second-order valence-electron chi connectivity index (χ2n) is 7.11. The highest BCUT2D eigenvalue weighted by Gasteiger charge is 2.27. The van der Waals surface area contributed by atoms with Gasteiger partial charge >= 0.3 is 0 Å². The summed E-state index contributed by atoms with van der Waals surface area (Å²) in [5.41, 5.74) is 2.15. The molecule has 1 fully saturated rings. The Labute approximate surface area is 161 Å². The molecule has 0 saturated heterocycles. The molecule has 27 heavy (non-hydrogen) atoms. The number of rotatable bonds is 6. The zero-order chi connectivity index (χ0) is 18.8. The molecular weight excluding hydrogens is 360 g/mol. The molecule has 2 N–H and O–H groups in total. The van der Waals surface area contributed by atoms with E-state index in [4.69, 9.17) is 0 Å². The van der Waals surface area contributed by atoms with Gasteiger partial charge in [0.2, 0.25) is 5.95 Å². The van der Waals surface area contributed by atoms with E-state index in [0.29, 0.717) is 24.5 Å². The van der Waals surface area contributed by atoms with Crippen LogP contribution in [-0.2, 0) is 0 Å². The third-order valence-electron chi connectivity index (χ3n) is 5.03. The van der Waals surface area contributed by atoms with Crippen LogP contribution in [0.15, 0.2) is 35.8 Å². The molecule has 3 atom stereocenters. The summed E-state index contributed by atoms with van der Waals surface area (Å²) in [6.45, 7) is 1.99. The van der Waals surface area contributed by atoms with Gasteiger partial charge in [-0.1, -0.05) is 6.07 Å². The Balaban J connectivity index is 1.58. The molecule has 0 spiro atoms. The van der Waals surface area contributed by atoms with Crippen molar-refractivity contribution in [3.05, 3.63) is 47.2 Å². The lowest BCUT2D eigenvalue weighted by molar-refractivity contribution is 0.0954. The van der Waals surface area contributed by atoms with Crippen LogP contribution in [0.25, 0.3) is 10.2 Å². The molecule has 7 heteroatoms. The fourth-order valence-electron chi connectivity index (χ4n) is 3.61. The van der Waals surface area contributed by atoms with E-state index in [1.807, 2.05) is 36.6 Å². The van der Waals surface area contributed by atoms with Gasteiger partial charge in [0.05, 0.1) is 28.1 Å². The van der Waals surface area contributed by atoms with Crippen LogP contribution in [0.2, 0.25) is 0 Å². The summed E-state index contributed by atoms with van der Waals surface area (Å²) in [7, 11) is 0. The number of carbonyl (C=O) groups excluding carboxylic acids is 1. The summed E-state index contributed by atoms with van der Waals surface area (Å²) in [6.07, 6.45) is 4.29. The van der Waals surface area contributed by atoms with Gasteiger partial charge in [0, 0.05) is 12.6 Å². The molecule has 1 aliphatic carbocycles. The summed E-state index contributed by atoms with van der Waals surface area (Å²) < 4.78 is 0.828. The van der Waals surface area contributed by atoms with Crippen LogP contribution >= 0.6 is 11.3 Å². The predicted molar refractivity (Wildman–Crippen MR) is 106 cm³/mol. The Kier molecular flexibility index (Phi) is 5.13. The molecule has 1 saturated carbocycles. The number of nitrogens with zero attached hydrogens (tertiary/aromatic N) is 3. The van der Waals surface area contributed by atoms with Gasteiger partial charge in [-0.15, -0.1) is 11.3 Å². The van der Waals surface area contributed by atoms with E-state index < -0.39 is 0 Å². The first-order chi connectivity index (χ1) is 13.1. The SMILES string of the molecule is C[C@H](Nc1nc(C(=O)CC2CC[C@@H](O)C2)c2sccc2n1)c1ccccn1. The third-order valence-corrected chi connectivity index (χ3v) is 5.94. The van der Waals surface area contributed by atoms with E-state index in [1.165, 1.54) is 11.3 Å². The molecule has 1 unspecified atom stereocenters. The number of thiophene rings is 1. The number of anilines is 1. The first kappa shape index (κ1) is 18.0. The molecule has 140 valence electrons. The highest BCUT2D eigenvalue weighted by Crippen LogP contribution is 2.31. The van der Waals surface area contributed by atoms with E-state index in [2.05, 4.69) is 20.3 Å². The monoisotopic (exact) mass is 382 g/mol. The molecule has 0 radical (unpaired) electrons. The summed E-state index contributed by atoms with van der Waals surface area (Å²) in [5.74, 6) is 0.702. The molecule has 0 aliphatic heterocycles. The standard InChI is InChI=1S/C20H22N4O2S/c1-12(15-4-2-3-8-21-15)22-20-23-16-7-9-27-19(16)18(24-20)17(26)11-13-5-6-14(25)10-13/h2-4,7-9,12-14,25H,5-6,10-11H2,1H3,(H,22,23,24)/t12-,13?,14+/m0/s1. The van der Waals surface area contributed by atoms with Crippen molar-refractivity contribution in [2.24, 2.45) is 5.92 Å². The van der Waals surface area contributed by atoms with Gasteiger partial charge in [-0.3, -0.25) is 9.78 Å². The van der Waals surface area contributed by atoms with Crippen molar-refractivity contribution in [1.29, 1.82) is 0 Å². The zero-order valence-electron chi connectivity index (χ0n) is 15.1. The molecule has 0 bridgehead atoms. The second kappa shape index (κ2) is 7.70. The van der Waals surface area contributed by atoms with Crippen molar-refractivity contribution < 1.29 is 9.90 Å². The summed E-state index contributed by atoms with van der Waals surface area (Å²) in [4.78, 5) is 26.4. The third kappa shape index (κ3) is 3.99. The number of carbonyl (C=O) groups is 1. The molecular formula is C20H22N4O2S. The van der Waals surface area contributed by atoms with E-state index >= 15 is 0 Å². The number of hydrogen-bond donors (Lipinski definition) is 2. The minimum absolute atomic E-state index is 0.0255. The van der Waals surface area contributed by atoms with Crippen LogP contribution < -0.4 is 5.32 Å². The first-order valence-corrected chi connectivity index (χ1v) is 10.1. The zero-order valence-corrected chi connectivity index (χ0v) is 15.9. The Morgan fingerprint density at radius 2 is 2.22 bits per heavy atom. The molecule has 4 rings (SSSR count). The van der Waals surface area contributed by atoms with Gasteiger partial charge in [0.15, 0.2) is 5.78 Å². The number of hydrogen-bond acceptors (Lipinski definition) is 7. The topological polar surface area (TPSA) is 88.0 Å². The Bertz CT molecular complexity index is 944. The van der Waals surface area contributed by atoms with Crippen molar-refractivity contribution in [3.8, 4) is 0 Å². The van der Waals surface area contributed by atoms with Crippen LogP contribution in [0.5, 0.6) is 0 Å². The van der Waals surface area contributed by atoms with Gasteiger partial charge < -0.3 is 10.4 Å². The fourth-order valence-corrected chi connectivity index (χ4v) is 4.45. The average Bonchev–Trinajstić information content (AvgIpc) is 3.30. The molecule has 0 amide bonds. The van der Waals surface area contributed by atoms with Crippen molar-refractivity contribution in [3.63, 3.8) is 0 Å². The Hall–Kier alpha value is -2.38. The number of nitrogens with one attached hydrogen (secondary N) is 1.